The number of ketones is 2. The number of allylic oxidation sites excluding steroid dienone is 4. The summed E-state index contributed by atoms with van der Waals surface area (Å²) in [6.45, 7) is 6.02. The molecule has 4 bridgehead atoms. The summed E-state index contributed by atoms with van der Waals surface area (Å²) in [6.07, 6.45) is 4.66. The van der Waals surface area contributed by atoms with Crippen molar-refractivity contribution in [2.75, 3.05) is 0 Å². The molecular weight excluding hydrogens is 496 g/mol. The average molecular weight is 529 g/mol. The van der Waals surface area contributed by atoms with Gasteiger partial charge in [-0.3, -0.25) is 9.59 Å². The molecule has 7 aliphatic rings. The summed E-state index contributed by atoms with van der Waals surface area (Å²) < 4.78 is 17.9. The molecule has 5 fully saturated rings. The van der Waals surface area contributed by atoms with Crippen LogP contribution in [-0.2, 0) is 33.4 Å². The van der Waals surface area contributed by atoms with Crippen molar-refractivity contribution >= 4 is 23.5 Å². The molecule has 0 amide bonds. The van der Waals surface area contributed by atoms with Crippen LogP contribution in [-0.4, -0.2) is 73.1 Å². The highest BCUT2D eigenvalue weighted by molar-refractivity contribution is 6.01. The Morgan fingerprint density at radius 3 is 2.39 bits per heavy atom. The van der Waals surface area contributed by atoms with Crippen LogP contribution in [0.4, 0.5) is 0 Å². The maximum Gasteiger partial charge on any atom is 0.342 e. The molecule has 0 unspecified atom stereocenters. The highest BCUT2D eigenvalue weighted by Crippen LogP contribution is 2.73. The Balaban J connectivity index is 1.51. The molecule has 3 N–H and O–H groups in total. The van der Waals surface area contributed by atoms with E-state index in [9.17, 15) is 34.5 Å². The first-order valence-electron chi connectivity index (χ1n) is 13.3. The summed E-state index contributed by atoms with van der Waals surface area (Å²) >= 11 is 0. The largest absolute Gasteiger partial charge is 0.456 e. The fraction of sp³-hybridized carbons (Fsp3) is 0.714. The summed E-state index contributed by atoms with van der Waals surface area (Å²) in [7, 11) is 0. The Bertz CT molecular complexity index is 1310. The minimum atomic E-state index is -2.52. The van der Waals surface area contributed by atoms with E-state index >= 15 is 0 Å². The van der Waals surface area contributed by atoms with Crippen LogP contribution in [0.3, 0.4) is 0 Å². The first-order chi connectivity index (χ1) is 17.6. The van der Waals surface area contributed by atoms with Gasteiger partial charge in [0.05, 0.1) is 11.3 Å². The summed E-state index contributed by atoms with van der Waals surface area (Å²) in [4.78, 5) is 54.6. The number of rotatable bonds is 0. The molecule has 1 saturated carbocycles. The van der Waals surface area contributed by atoms with E-state index in [-0.39, 0.29) is 31.5 Å². The van der Waals surface area contributed by atoms with Crippen LogP contribution >= 0.6 is 0 Å². The lowest BCUT2D eigenvalue weighted by Gasteiger charge is -2.63. The van der Waals surface area contributed by atoms with Gasteiger partial charge in [-0.25, -0.2) is 9.59 Å². The number of carbonyl (C=O) groups excluding carboxylic acids is 4. The molecule has 38 heavy (non-hydrogen) atoms. The molecule has 3 aliphatic carbocycles. The SMILES string of the molecule is C[C@]12C(=O)C=CCC1=CC[C@@H]1[C@@H]2CC[C@]2(O)C(=O)O[C@@]3(C)[C@H]4C[C@@](C)([C@@H]5C(=O)[C@]1(O)O[C@@]532)[C@](C)(O)C(=O)O4. The zero-order valence-electron chi connectivity index (χ0n) is 21.8. The van der Waals surface area contributed by atoms with Gasteiger partial charge in [-0.05, 0) is 64.9 Å². The number of esters is 2. The maximum absolute atomic E-state index is 14.6. The number of Topliss-reactive ketones (excluding diaryl/α,β-unsaturated/α-hetero) is 1. The van der Waals surface area contributed by atoms with E-state index in [1.165, 1.54) is 26.8 Å². The molecule has 10 heteroatoms. The molecule has 204 valence electrons. The highest BCUT2D eigenvalue weighted by atomic mass is 16.7. The second kappa shape index (κ2) is 6.49. The van der Waals surface area contributed by atoms with Gasteiger partial charge in [0.1, 0.15) is 6.10 Å². The predicted molar refractivity (Wildman–Crippen MR) is 126 cm³/mol. The van der Waals surface area contributed by atoms with Crippen molar-refractivity contribution in [1.29, 1.82) is 0 Å². The molecule has 4 aliphatic heterocycles. The smallest absolute Gasteiger partial charge is 0.342 e. The van der Waals surface area contributed by atoms with Gasteiger partial charge in [0, 0.05) is 11.3 Å². The maximum atomic E-state index is 14.6. The Kier molecular flexibility index (Phi) is 4.20. The van der Waals surface area contributed by atoms with Crippen molar-refractivity contribution in [2.45, 2.75) is 94.1 Å². The van der Waals surface area contributed by atoms with Crippen molar-refractivity contribution in [3.8, 4) is 0 Å². The molecule has 0 aromatic heterocycles. The monoisotopic (exact) mass is 528 g/mol. The van der Waals surface area contributed by atoms with Gasteiger partial charge in [0.2, 0.25) is 5.79 Å². The van der Waals surface area contributed by atoms with Crippen molar-refractivity contribution in [2.24, 2.45) is 28.6 Å². The Hall–Kier alpha value is -2.40. The summed E-state index contributed by atoms with van der Waals surface area (Å²) in [5, 5.41) is 36.1. The molecule has 0 radical (unpaired) electrons. The van der Waals surface area contributed by atoms with Crippen LogP contribution in [0.1, 0.15) is 59.8 Å². The summed E-state index contributed by atoms with van der Waals surface area (Å²) in [6, 6.07) is 0. The number of fused-ring (bicyclic) bond motifs is 9. The standard InChI is InChI=1S/C28H32O10/c1-22-12-17(36-20(31)24(22,3)33)25(4)28-18(22)19(30)27(35,38-28)15-9-8-13-6-5-7-16(29)23(13,2)14(15)10-11-26(28,34)21(32)37-25/h5,7-8,14-15,17-18,33-35H,6,9-12H2,1-4H3/t14-,15+,17+,18-,22-,23-,24+,25-,26-,27+,28-/m0/s1. The third-order valence-corrected chi connectivity index (χ3v) is 11.9. The fourth-order valence-electron chi connectivity index (χ4n) is 9.45. The third kappa shape index (κ3) is 2.13. The Morgan fingerprint density at radius 1 is 0.974 bits per heavy atom. The van der Waals surface area contributed by atoms with Gasteiger partial charge in [0.25, 0.3) is 0 Å². The third-order valence-electron chi connectivity index (χ3n) is 11.9. The second-order valence-corrected chi connectivity index (χ2v) is 13.2. The van der Waals surface area contributed by atoms with E-state index in [2.05, 4.69) is 0 Å². The van der Waals surface area contributed by atoms with E-state index in [1.54, 1.807) is 13.0 Å². The quantitative estimate of drug-likeness (QED) is 0.301. The van der Waals surface area contributed by atoms with Gasteiger partial charge >= 0.3 is 11.9 Å². The highest BCUT2D eigenvalue weighted by Gasteiger charge is 2.93. The van der Waals surface area contributed by atoms with Crippen LogP contribution in [0.25, 0.3) is 0 Å². The predicted octanol–water partition coefficient (Wildman–Crippen LogP) is 0.654. The van der Waals surface area contributed by atoms with Gasteiger partial charge in [-0.2, -0.15) is 0 Å². The summed E-state index contributed by atoms with van der Waals surface area (Å²) in [5.41, 5.74) is -10.3. The van der Waals surface area contributed by atoms with E-state index in [4.69, 9.17) is 14.2 Å². The van der Waals surface area contributed by atoms with Crippen molar-refractivity contribution in [1.82, 2.24) is 0 Å². The second-order valence-electron chi connectivity index (χ2n) is 13.2. The lowest BCUT2D eigenvalue weighted by molar-refractivity contribution is -0.355. The minimum Gasteiger partial charge on any atom is -0.456 e. The minimum absolute atomic E-state index is 0.0532. The summed E-state index contributed by atoms with van der Waals surface area (Å²) in [5.74, 6) is -8.56. The van der Waals surface area contributed by atoms with Crippen molar-refractivity contribution in [3.63, 3.8) is 0 Å². The lowest BCUT2D eigenvalue weighted by Crippen LogP contribution is -2.81. The van der Waals surface area contributed by atoms with Crippen molar-refractivity contribution in [3.05, 3.63) is 23.8 Å². The fourth-order valence-corrected chi connectivity index (χ4v) is 9.45. The van der Waals surface area contributed by atoms with E-state index in [1.807, 2.05) is 6.08 Å². The van der Waals surface area contributed by atoms with Gasteiger partial charge < -0.3 is 29.5 Å². The number of hydrogen-bond acceptors (Lipinski definition) is 10. The van der Waals surface area contributed by atoms with E-state index < -0.39 is 80.6 Å². The van der Waals surface area contributed by atoms with Gasteiger partial charge in [-0.1, -0.05) is 24.6 Å². The lowest BCUT2D eigenvalue weighted by atomic mass is 9.45. The van der Waals surface area contributed by atoms with E-state index in [0.29, 0.717) is 6.42 Å². The van der Waals surface area contributed by atoms with Crippen LogP contribution < -0.4 is 0 Å². The molecule has 11 atom stereocenters. The molecule has 0 aromatic carbocycles. The Morgan fingerprint density at radius 2 is 1.68 bits per heavy atom. The zero-order valence-corrected chi connectivity index (χ0v) is 21.8. The van der Waals surface area contributed by atoms with Gasteiger partial charge in [-0.15, -0.1) is 0 Å². The molecule has 7 rings (SSSR count). The van der Waals surface area contributed by atoms with Crippen LogP contribution in [0.15, 0.2) is 23.8 Å². The molecular formula is C28H32O10. The molecule has 0 aromatic rings. The number of ether oxygens (including phenoxy) is 3. The number of aliphatic hydroxyl groups is 3. The topological polar surface area (TPSA) is 157 Å². The molecule has 1 spiro atoms. The number of hydrogen-bond donors (Lipinski definition) is 3. The Labute approximate surface area is 219 Å². The molecule has 4 heterocycles. The van der Waals surface area contributed by atoms with Crippen LogP contribution in [0.2, 0.25) is 0 Å². The van der Waals surface area contributed by atoms with Crippen LogP contribution in [0.5, 0.6) is 0 Å². The van der Waals surface area contributed by atoms with Crippen LogP contribution in [0, 0.1) is 28.6 Å². The zero-order chi connectivity index (χ0) is 27.5. The molecule has 4 saturated heterocycles. The molecule has 10 nitrogen and oxygen atoms in total. The van der Waals surface area contributed by atoms with E-state index in [0.717, 1.165) is 5.57 Å². The van der Waals surface area contributed by atoms with Gasteiger partial charge in [0.15, 0.2) is 34.0 Å². The first-order valence-corrected chi connectivity index (χ1v) is 13.3. The average Bonchev–Trinajstić information content (AvgIpc) is 3.19. The van der Waals surface area contributed by atoms with Crippen molar-refractivity contribution < 1.29 is 48.7 Å². The number of carbonyl (C=O) groups is 4. The normalized spacial score (nSPS) is 58.1. The first kappa shape index (κ1) is 24.6.